The largest absolute Gasteiger partial charge is 0.385 e. The standard InChI is InChI=1S/C11H16N2/c1-2-11(12)7-8-13-10-6-4-3-5-9(10)11/h3-6,13H,2,7-8,12H2,1H3. The van der Waals surface area contributed by atoms with E-state index in [0.29, 0.717) is 0 Å². The van der Waals surface area contributed by atoms with Crippen LogP contribution in [0.15, 0.2) is 24.3 Å². The third-order valence-electron chi connectivity index (χ3n) is 2.98. The second-order valence-electron chi connectivity index (χ2n) is 3.73. The first-order valence-electron chi connectivity index (χ1n) is 4.88. The average molecular weight is 176 g/mol. The lowest BCUT2D eigenvalue weighted by Crippen LogP contribution is -2.41. The zero-order valence-corrected chi connectivity index (χ0v) is 8.01. The Balaban J connectivity index is 2.48. The van der Waals surface area contributed by atoms with E-state index in [2.05, 4.69) is 30.4 Å². The van der Waals surface area contributed by atoms with Crippen molar-refractivity contribution in [3.63, 3.8) is 0 Å². The quantitative estimate of drug-likeness (QED) is 0.687. The van der Waals surface area contributed by atoms with Gasteiger partial charge in [0, 0.05) is 17.8 Å². The highest BCUT2D eigenvalue weighted by atomic mass is 14.9. The van der Waals surface area contributed by atoms with Crippen LogP contribution in [0, 0.1) is 0 Å². The first-order chi connectivity index (χ1) is 6.26. The molecular formula is C11H16N2. The number of nitrogens with two attached hydrogens (primary N) is 1. The molecule has 0 aliphatic carbocycles. The number of hydrogen-bond acceptors (Lipinski definition) is 2. The van der Waals surface area contributed by atoms with E-state index in [0.717, 1.165) is 19.4 Å². The van der Waals surface area contributed by atoms with Crippen molar-refractivity contribution in [1.29, 1.82) is 0 Å². The summed E-state index contributed by atoms with van der Waals surface area (Å²) in [4.78, 5) is 0. The van der Waals surface area contributed by atoms with Gasteiger partial charge >= 0.3 is 0 Å². The Morgan fingerprint density at radius 2 is 2.23 bits per heavy atom. The van der Waals surface area contributed by atoms with Gasteiger partial charge in [0.1, 0.15) is 0 Å². The van der Waals surface area contributed by atoms with Gasteiger partial charge in [0.25, 0.3) is 0 Å². The molecule has 0 saturated carbocycles. The maximum absolute atomic E-state index is 6.33. The molecule has 2 heteroatoms. The number of hydrogen-bond donors (Lipinski definition) is 2. The van der Waals surface area contributed by atoms with Crippen molar-refractivity contribution in [3.8, 4) is 0 Å². The summed E-state index contributed by atoms with van der Waals surface area (Å²) < 4.78 is 0. The number of anilines is 1. The molecule has 13 heavy (non-hydrogen) atoms. The first-order valence-corrected chi connectivity index (χ1v) is 4.88. The van der Waals surface area contributed by atoms with Crippen LogP contribution in [-0.2, 0) is 5.54 Å². The van der Waals surface area contributed by atoms with Gasteiger partial charge in [0.05, 0.1) is 0 Å². The molecule has 1 atom stereocenters. The lowest BCUT2D eigenvalue weighted by atomic mass is 9.82. The fraction of sp³-hybridized carbons (Fsp3) is 0.455. The van der Waals surface area contributed by atoms with Crippen molar-refractivity contribution in [3.05, 3.63) is 29.8 Å². The molecule has 0 amide bonds. The van der Waals surface area contributed by atoms with Crippen LogP contribution >= 0.6 is 0 Å². The summed E-state index contributed by atoms with van der Waals surface area (Å²) in [6.07, 6.45) is 2.03. The van der Waals surface area contributed by atoms with Gasteiger partial charge in [-0.05, 0) is 24.5 Å². The summed E-state index contributed by atoms with van der Waals surface area (Å²) in [5.74, 6) is 0. The summed E-state index contributed by atoms with van der Waals surface area (Å²) in [7, 11) is 0. The molecule has 1 aliphatic rings. The highest BCUT2D eigenvalue weighted by molar-refractivity contribution is 5.56. The van der Waals surface area contributed by atoms with Gasteiger partial charge in [-0.3, -0.25) is 0 Å². The van der Waals surface area contributed by atoms with Crippen molar-refractivity contribution >= 4 is 5.69 Å². The minimum absolute atomic E-state index is 0.109. The summed E-state index contributed by atoms with van der Waals surface area (Å²) in [5.41, 5.74) is 8.69. The second-order valence-corrected chi connectivity index (χ2v) is 3.73. The minimum atomic E-state index is -0.109. The fourth-order valence-corrected chi connectivity index (χ4v) is 1.99. The molecule has 0 fully saturated rings. The van der Waals surface area contributed by atoms with Gasteiger partial charge in [-0.15, -0.1) is 0 Å². The Morgan fingerprint density at radius 3 is 3.00 bits per heavy atom. The third-order valence-corrected chi connectivity index (χ3v) is 2.98. The van der Waals surface area contributed by atoms with Crippen molar-refractivity contribution in [2.75, 3.05) is 11.9 Å². The highest BCUT2D eigenvalue weighted by Gasteiger charge is 2.30. The van der Waals surface area contributed by atoms with Gasteiger partial charge in [0.15, 0.2) is 0 Å². The lowest BCUT2D eigenvalue weighted by molar-refractivity contribution is 0.396. The van der Waals surface area contributed by atoms with Crippen LogP contribution in [0.2, 0.25) is 0 Å². The predicted octanol–water partition coefficient (Wildman–Crippen LogP) is 2.07. The predicted molar refractivity (Wildman–Crippen MR) is 55.7 cm³/mol. The van der Waals surface area contributed by atoms with E-state index >= 15 is 0 Å². The summed E-state index contributed by atoms with van der Waals surface area (Å²) >= 11 is 0. The van der Waals surface area contributed by atoms with Gasteiger partial charge in [-0.1, -0.05) is 25.1 Å². The zero-order valence-electron chi connectivity index (χ0n) is 8.01. The zero-order chi connectivity index (χ0) is 9.31. The Labute approximate surface area is 79.1 Å². The Bertz CT molecular complexity index is 309. The van der Waals surface area contributed by atoms with E-state index in [1.165, 1.54) is 11.3 Å². The number of benzene rings is 1. The smallest absolute Gasteiger partial charge is 0.0444 e. The monoisotopic (exact) mass is 176 g/mol. The van der Waals surface area contributed by atoms with Crippen molar-refractivity contribution in [2.45, 2.75) is 25.3 Å². The van der Waals surface area contributed by atoms with Crippen molar-refractivity contribution < 1.29 is 0 Å². The Kier molecular flexibility index (Phi) is 2.00. The molecule has 70 valence electrons. The number of rotatable bonds is 1. The van der Waals surface area contributed by atoms with E-state index in [-0.39, 0.29) is 5.54 Å². The van der Waals surface area contributed by atoms with Gasteiger partial charge in [-0.25, -0.2) is 0 Å². The molecule has 3 N–H and O–H groups in total. The van der Waals surface area contributed by atoms with Crippen molar-refractivity contribution in [1.82, 2.24) is 0 Å². The molecule has 1 unspecified atom stereocenters. The summed E-state index contributed by atoms with van der Waals surface area (Å²) in [6, 6.07) is 8.34. The second kappa shape index (κ2) is 3.04. The van der Waals surface area contributed by atoms with E-state index in [1.54, 1.807) is 0 Å². The van der Waals surface area contributed by atoms with Crippen LogP contribution in [0.25, 0.3) is 0 Å². The molecule has 2 rings (SSSR count). The van der Waals surface area contributed by atoms with Crippen LogP contribution < -0.4 is 11.1 Å². The SMILES string of the molecule is CCC1(N)CCNc2ccccc21. The van der Waals surface area contributed by atoms with Crippen LogP contribution in [0.1, 0.15) is 25.3 Å². The normalized spacial score (nSPS) is 26.3. The molecule has 1 heterocycles. The number of para-hydroxylation sites is 1. The summed E-state index contributed by atoms with van der Waals surface area (Å²) in [5, 5.41) is 3.37. The molecule has 0 spiro atoms. The molecule has 1 aliphatic heterocycles. The molecular weight excluding hydrogens is 160 g/mol. The molecule has 0 radical (unpaired) electrons. The van der Waals surface area contributed by atoms with E-state index in [9.17, 15) is 0 Å². The Morgan fingerprint density at radius 1 is 1.46 bits per heavy atom. The fourth-order valence-electron chi connectivity index (χ4n) is 1.99. The minimum Gasteiger partial charge on any atom is -0.385 e. The van der Waals surface area contributed by atoms with Crippen LogP contribution in [-0.4, -0.2) is 6.54 Å². The lowest BCUT2D eigenvalue weighted by Gasteiger charge is -2.35. The topological polar surface area (TPSA) is 38.0 Å². The van der Waals surface area contributed by atoms with Crippen LogP contribution in [0.5, 0.6) is 0 Å². The third kappa shape index (κ3) is 1.31. The maximum atomic E-state index is 6.33. The maximum Gasteiger partial charge on any atom is 0.0444 e. The number of fused-ring (bicyclic) bond motifs is 1. The first kappa shape index (κ1) is 8.57. The van der Waals surface area contributed by atoms with Gasteiger partial charge in [0.2, 0.25) is 0 Å². The number of nitrogens with one attached hydrogen (secondary N) is 1. The van der Waals surface area contributed by atoms with Crippen LogP contribution in [0.3, 0.4) is 0 Å². The Hall–Kier alpha value is -1.02. The molecule has 0 aromatic heterocycles. The molecule has 0 bridgehead atoms. The average Bonchev–Trinajstić information content (AvgIpc) is 2.19. The van der Waals surface area contributed by atoms with E-state index in [4.69, 9.17) is 5.73 Å². The van der Waals surface area contributed by atoms with E-state index < -0.39 is 0 Å². The van der Waals surface area contributed by atoms with E-state index in [1.807, 2.05) is 6.07 Å². The molecule has 0 saturated heterocycles. The molecule has 1 aromatic rings. The summed E-state index contributed by atoms with van der Waals surface area (Å²) in [6.45, 7) is 3.14. The molecule has 1 aromatic carbocycles. The molecule has 2 nitrogen and oxygen atoms in total. The van der Waals surface area contributed by atoms with Gasteiger partial charge < -0.3 is 11.1 Å². The van der Waals surface area contributed by atoms with Gasteiger partial charge in [-0.2, -0.15) is 0 Å². The van der Waals surface area contributed by atoms with Crippen LogP contribution in [0.4, 0.5) is 5.69 Å². The highest BCUT2D eigenvalue weighted by Crippen LogP contribution is 2.34. The van der Waals surface area contributed by atoms with Crippen molar-refractivity contribution in [2.24, 2.45) is 5.73 Å².